The third-order valence-electron chi connectivity index (χ3n) is 2.78. The number of hydrogen-bond donors (Lipinski definition) is 2. The topological polar surface area (TPSA) is 71.1 Å². The fourth-order valence-electron chi connectivity index (χ4n) is 2.07. The lowest BCUT2D eigenvalue weighted by atomic mass is 10.1. The van der Waals surface area contributed by atoms with Crippen LogP contribution in [0.2, 0.25) is 0 Å². The molecule has 2 N–H and O–H groups in total. The summed E-state index contributed by atoms with van der Waals surface area (Å²) in [6.45, 7) is 8.74. The maximum Gasteiger partial charge on any atom is 0.244 e. The van der Waals surface area contributed by atoms with Crippen molar-refractivity contribution in [2.24, 2.45) is 5.92 Å². The molecule has 0 aliphatic carbocycles. The largest absolute Gasteiger partial charge is 0.369 e. The molecule has 0 aromatic carbocycles. The van der Waals surface area contributed by atoms with Crippen molar-refractivity contribution in [3.05, 3.63) is 18.3 Å². The van der Waals surface area contributed by atoms with Crippen molar-refractivity contribution >= 4 is 15.8 Å². The highest BCUT2D eigenvalue weighted by Crippen LogP contribution is 2.19. The van der Waals surface area contributed by atoms with Gasteiger partial charge in [0.15, 0.2) is 0 Å². The first-order chi connectivity index (χ1) is 9.36. The molecule has 1 aromatic heterocycles. The summed E-state index contributed by atoms with van der Waals surface area (Å²) in [5, 5.41) is 3.05. The summed E-state index contributed by atoms with van der Waals surface area (Å²) < 4.78 is 27.5. The Morgan fingerprint density at radius 3 is 2.60 bits per heavy atom. The van der Waals surface area contributed by atoms with Gasteiger partial charge in [0.05, 0.1) is 0 Å². The number of sulfonamides is 1. The summed E-state index contributed by atoms with van der Waals surface area (Å²) >= 11 is 0. The Kier molecular flexibility index (Phi) is 6.42. The number of rotatable bonds is 8. The molecule has 1 unspecified atom stereocenters. The van der Waals surface area contributed by atoms with Gasteiger partial charge >= 0.3 is 0 Å². The summed E-state index contributed by atoms with van der Waals surface area (Å²) in [7, 11) is -3.54. The Hall–Kier alpha value is -1.14. The maximum absolute atomic E-state index is 12.4. The lowest BCUT2D eigenvalue weighted by molar-refractivity contribution is 0.482. The number of nitrogens with zero attached hydrogens (tertiary/aromatic N) is 1. The Labute approximate surface area is 122 Å². The van der Waals surface area contributed by atoms with Gasteiger partial charge in [-0.1, -0.05) is 20.8 Å². The SMILES string of the molecule is CCCNc1ncccc1S(=O)(=O)NC(C)CC(C)C. The molecule has 0 amide bonds. The Bertz CT molecular complexity index is 515. The minimum Gasteiger partial charge on any atom is -0.369 e. The van der Waals surface area contributed by atoms with Crippen LogP contribution >= 0.6 is 0 Å². The van der Waals surface area contributed by atoms with Crippen LogP contribution in [0.4, 0.5) is 5.82 Å². The maximum atomic E-state index is 12.4. The quantitative estimate of drug-likeness (QED) is 0.774. The van der Waals surface area contributed by atoms with Crippen LogP contribution in [0.5, 0.6) is 0 Å². The zero-order valence-corrected chi connectivity index (χ0v) is 13.5. The van der Waals surface area contributed by atoms with Gasteiger partial charge in [-0.3, -0.25) is 0 Å². The minimum absolute atomic E-state index is 0.0979. The highest BCUT2D eigenvalue weighted by Gasteiger charge is 2.21. The van der Waals surface area contributed by atoms with Gasteiger partial charge in [0.25, 0.3) is 0 Å². The lowest BCUT2D eigenvalue weighted by Crippen LogP contribution is -2.34. The summed E-state index contributed by atoms with van der Waals surface area (Å²) in [6.07, 6.45) is 3.30. The molecule has 0 fully saturated rings. The van der Waals surface area contributed by atoms with Crippen LogP contribution in [-0.2, 0) is 10.0 Å². The number of anilines is 1. The smallest absolute Gasteiger partial charge is 0.244 e. The predicted octanol–water partition coefficient (Wildman–Crippen LogP) is 2.62. The minimum atomic E-state index is -3.54. The summed E-state index contributed by atoms with van der Waals surface area (Å²) in [4.78, 5) is 4.33. The zero-order valence-electron chi connectivity index (χ0n) is 12.7. The van der Waals surface area contributed by atoms with Gasteiger partial charge in [-0.05, 0) is 37.8 Å². The predicted molar refractivity (Wildman–Crippen MR) is 82.3 cm³/mol. The highest BCUT2D eigenvalue weighted by atomic mass is 32.2. The van der Waals surface area contributed by atoms with E-state index in [1.54, 1.807) is 18.3 Å². The van der Waals surface area contributed by atoms with Gasteiger partial charge in [0, 0.05) is 18.8 Å². The fourth-order valence-corrected chi connectivity index (χ4v) is 3.46. The molecule has 114 valence electrons. The second kappa shape index (κ2) is 7.59. The van der Waals surface area contributed by atoms with E-state index in [0.717, 1.165) is 12.8 Å². The molecule has 0 radical (unpaired) electrons. The average molecular weight is 299 g/mol. The first kappa shape index (κ1) is 16.9. The third-order valence-corrected chi connectivity index (χ3v) is 4.41. The van der Waals surface area contributed by atoms with Crippen LogP contribution in [-0.4, -0.2) is 26.0 Å². The van der Waals surface area contributed by atoms with Crippen LogP contribution in [0.3, 0.4) is 0 Å². The van der Waals surface area contributed by atoms with Crippen molar-refractivity contribution in [2.75, 3.05) is 11.9 Å². The monoisotopic (exact) mass is 299 g/mol. The van der Waals surface area contributed by atoms with E-state index in [1.165, 1.54) is 0 Å². The molecule has 6 heteroatoms. The molecular weight excluding hydrogens is 274 g/mol. The first-order valence-electron chi connectivity index (χ1n) is 7.08. The average Bonchev–Trinajstić information content (AvgIpc) is 2.34. The molecule has 1 atom stereocenters. The first-order valence-corrected chi connectivity index (χ1v) is 8.56. The molecule has 0 spiro atoms. The molecule has 0 aliphatic heterocycles. The molecule has 1 aromatic rings. The Morgan fingerprint density at radius 2 is 2.00 bits per heavy atom. The second-order valence-corrected chi connectivity index (χ2v) is 7.11. The summed E-state index contributed by atoms with van der Waals surface area (Å²) in [5.41, 5.74) is 0. The number of hydrogen-bond acceptors (Lipinski definition) is 4. The van der Waals surface area contributed by atoms with Gasteiger partial charge < -0.3 is 5.32 Å². The van der Waals surface area contributed by atoms with E-state index in [1.807, 2.05) is 13.8 Å². The highest BCUT2D eigenvalue weighted by molar-refractivity contribution is 7.89. The Morgan fingerprint density at radius 1 is 1.30 bits per heavy atom. The third kappa shape index (κ3) is 5.09. The molecule has 0 saturated heterocycles. The molecule has 1 heterocycles. The van der Waals surface area contributed by atoms with Gasteiger partial charge in [-0.2, -0.15) is 0 Å². The van der Waals surface area contributed by atoms with E-state index in [-0.39, 0.29) is 10.9 Å². The van der Waals surface area contributed by atoms with Gasteiger partial charge in [-0.25, -0.2) is 18.1 Å². The van der Waals surface area contributed by atoms with Crippen molar-refractivity contribution < 1.29 is 8.42 Å². The standard InChI is InChI=1S/C14H25N3O2S/c1-5-8-15-14-13(7-6-9-16-14)20(18,19)17-12(4)10-11(2)3/h6-7,9,11-12,17H,5,8,10H2,1-4H3,(H,15,16). The van der Waals surface area contributed by atoms with Crippen LogP contribution in [0, 0.1) is 5.92 Å². The Balaban J connectivity index is 2.91. The van der Waals surface area contributed by atoms with Crippen molar-refractivity contribution in [1.29, 1.82) is 0 Å². The molecule has 20 heavy (non-hydrogen) atoms. The summed E-state index contributed by atoms with van der Waals surface area (Å²) in [6, 6.07) is 3.12. The van der Waals surface area contributed by atoms with E-state index in [0.29, 0.717) is 18.3 Å². The number of pyridine rings is 1. The van der Waals surface area contributed by atoms with Gasteiger partial charge in [-0.15, -0.1) is 0 Å². The lowest BCUT2D eigenvalue weighted by Gasteiger charge is -2.17. The van der Waals surface area contributed by atoms with Crippen molar-refractivity contribution in [2.45, 2.75) is 51.5 Å². The zero-order chi connectivity index (χ0) is 15.2. The van der Waals surface area contributed by atoms with Crippen molar-refractivity contribution in [3.8, 4) is 0 Å². The molecule has 0 saturated carbocycles. The van der Waals surface area contributed by atoms with Crippen LogP contribution in [0.1, 0.15) is 40.5 Å². The van der Waals surface area contributed by atoms with Crippen molar-refractivity contribution in [1.82, 2.24) is 9.71 Å². The van der Waals surface area contributed by atoms with E-state index in [2.05, 4.69) is 28.9 Å². The van der Waals surface area contributed by atoms with E-state index in [4.69, 9.17) is 0 Å². The molecular formula is C14H25N3O2S. The van der Waals surface area contributed by atoms with E-state index in [9.17, 15) is 8.42 Å². The summed E-state index contributed by atoms with van der Waals surface area (Å²) in [5.74, 6) is 0.859. The molecule has 0 bridgehead atoms. The number of nitrogens with one attached hydrogen (secondary N) is 2. The second-order valence-electron chi connectivity index (χ2n) is 5.43. The van der Waals surface area contributed by atoms with Gasteiger partial charge in [0.1, 0.15) is 10.7 Å². The molecule has 0 aliphatic rings. The van der Waals surface area contributed by atoms with E-state index < -0.39 is 10.0 Å². The van der Waals surface area contributed by atoms with Gasteiger partial charge in [0.2, 0.25) is 10.0 Å². The fraction of sp³-hybridized carbons (Fsp3) is 0.643. The molecule has 5 nitrogen and oxygen atoms in total. The van der Waals surface area contributed by atoms with E-state index >= 15 is 0 Å². The van der Waals surface area contributed by atoms with Crippen LogP contribution < -0.4 is 10.0 Å². The number of aromatic nitrogens is 1. The molecule has 1 rings (SSSR count). The van der Waals surface area contributed by atoms with Crippen molar-refractivity contribution in [3.63, 3.8) is 0 Å². The van der Waals surface area contributed by atoms with Crippen LogP contribution in [0.15, 0.2) is 23.2 Å². The van der Waals surface area contributed by atoms with Crippen LogP contribution in [0.25, 0.3) is 0 Å². The normalized spacial score (nSPS) is 13.4.